The quantitative estimate of drug-likeness (QED) is 0.800. The summed E-state index contributed by atoms with van der Waals surface area (Å²) < 4.78 is 23.9. The van der Waals surface area contributed by atoms with Crippen LogP contribution in [-0.2, 0) is 20.9 Å². The Labute approximate surface area is 129 Å². The lowest BCUT2D eigenvalue weighted by Crippen LogP contribution is -2.66. The van der Waals surface area contributed by atoms with Crippen LogP contribution in [0.4, 0.5) is 4.39 Å². The maximum Gasteiger partial charge on any atom is 0.225 e. The highest BCUT2D eigenvalue weighted by Gasteiger charge is 2.54. The van der Waals surface area contributed by atoms with Gasteiger partial charge in [-0.05, 0) is 24.1 Å². The average Bonchev–Trinajstić information content (AvgIpc) is 2.91. The molecular formula is C16H21FN2O3. The summed E-state index contributed by atoms with van der Waals surface area (Å²) in [5, 5.41) is 0. The Morgan fingerprint density at radius 3 is 2.95 bits per heavy atom. The first-order valence-corrected chi connectivity index (χ1v) is 7.68. The fraction of sp³-hybridized carbons (Fsp3) is 0.625. The second kappa shape index (κ2) is 6.71. The predicted molar refractivity (Wildman–Crippen MR) is 77.9 cm³/mol. The first-order chi connectivity index (χ1) is 10.7. The molecule has 0 unspecified atom stereocenters. The third kappa shape index (κ3) is 3.13. The predicted octanol–water partition coefficient (Wildman–Crippen LogP) is 1.58. The monoisotopic (exact) mass is 308 g/mol. The zero-order chi connectivity index (χ0) is 15.4. The van der Waals surface area contributed by atoms with Crippen molar-refractivity contribution in [3.8, 4) is 0 Å². The largest absolute Gasteiger partial charge is 0.376 e. The summed E-state index contributed by atoms with van der Waals surface area (Å²) in [6, 6.07) is 3.86. The summed E-state index contributed by atoms with van der Waals surface area (Å²) >= 11 is 0. The van der Waals surface area contributed by atoms with Crippen LogP contribution in [0.3, 0.4) is 0 Å². The molecular weight excluding hydrogens is 287 g/mol. The molecule has 2 aliphatic rings. The number of carbonyl (C=O) groups excluding carboxylic acids is 1. The summed E-state index contributed by atoms with van der Waals surface area (Å²) in [5.41, 5.74) is 0.820. The Bertz CT molecular complexity index is 505. The minimum atomic E-state index is -0.596. The summed E-state index contributed by atoms with van der Waals surface area (Å²) in [6.45, 7) is 2.41. The van der Waals surface area contributed by atoms with E-state index in [-0.39, 0.29) is 17.9 Å². The number of halogens is 1. The average molecular weight is 308 g/mol. The first-order valence-electron chi connectivity index (χ1n) is 7.68. The molecule has 1 aromatic heterocycles. The number of hydrogen-bond donors (Lipinski definition) is 0. The topological polar surface area (TPSA) is 51.7 Å². The minimum Gasteiger partial charge on any atom is -0.376 e. The maximum atomic E-state index is 12.2. The van der Waals surface area contributed by atoms with Crippen LogP contribution in [0.15, 0.2) is 24.5 Å². The van der Waals surface area contributed by atoms with Gasteiger partial charge in [-0.1, -0.05) is 0 Å². The third-order valence-corrected chi connectivity index (χ3v) is 4.52. The van der Waals surface area contributed by atoms with E-state index in [2.05, 4.69) is 4.98 Å². The van der Waals surface area contributed by atoms with Crippen LogP contribution >= 0.6 is 0 Å². The lowest BCUT2D eigenvalue weighted by Gasteiger charge is -2.50. The van der Waals surface area contributed by atoms with Crippen molar-refractivity contribution >= 4 is 5.91 Å². The van der Waals surface area contributed by atoms with Crippen molar-refractivity contribution in [1.82, 2.24) is 9.88 Å². The molecule has 5 nitrogen and oxygen atoms in total. The molecule has 0 radical (unpaired) electrons. The normalized spacial score (nSPS) is 22.8. The SMILES string of the molecule is O=C(CCF)N1CC2(C1)OCC[C@@H]2COCc1ccncc1. The van der Waals surface area contributed by atoms with E-state index >= 15 is 0 Å². The zero-order valence-corrected chi connectivity index (χ0v) is 12.5. The highest BCUT2D eigenvalue weighted by atomic mass is 19.1. The van der Waals surface area contributed by atoms with E-state index in [1.165, 1.54) is 0 Å². The fourth-order valence-electron chi connectivity index (χ4n) is 3.18. The van der Waals surface area contributed by atoms with Gasteiger partial charge in [-0.25, -0.2) is 0 Å². The molecule has 6 heteroatoms. The number of nitrogens with zero attached hydrogens (tertiary/aromatic N) is 2. The molecule has 1 spiro atoms. The highest BCUT2D eigenvalue weighted by Crippen LogP contribution is 2.40. The van der Waals surface area contributed by atoms with Crippen LogP contribution in [0.25, 0.3) is 0 Å². The van der Waals surface area contributed by atoms with Crippen LogP contribution in [0, 0.1) is 5.92 Å². The molecule has 0 saturated carbocycles. The van der Waals surface area contributed by atoms with Gasteiger partial charge in [0.25, 0.3) is 0 Å². The van der Waals surface area contributed by atoms with Crippen LogP contribution < -0.4 is 0 Å². The van der Waals surface area contributed by atoms with Crippen molar-refractivity contribution in [2.75, 3.05) is 33.0 Å². The third-order valence-electron chi connectivity index (χ3n) is 4.52. The number of amides is 1. The van der Waals surface area contributed by atoms with Crippen molar-refractivity contribution in [3.05, 3.63) is 30.1 Å². The van der Waals surface area contributed by atoms with E-state index in [1.807, 2.05) is 12.1 Å². The Morgan fingerprint density at radius 2 is 2.23 bits per heavy atom. The molecule has 1 amide bonds. The molecule has 0 aliphatic carbocycles. The van der Waals surface area contributed by atoms with Gasteiger partial charge in [0.2, 0.25) is 5.91 Å². The molecule has 3 heterocycles. The first kappa shape index (κ1) is 15.4. The number of ether oxygens (including phenoxy) is 2. The van der Waals surface area contributed by atoms with Crippen molar-refractivity contribution < 1.29 is 18.7 Å². The summed E-state index contributed by atoms with van der Waals surface area (Å²) in [5.74, 6) is 0.170. The van der Waals surface area contributed by atoms with Crippen LogP contribution in [0.5, 0.6) is 0 Å². The molecule has 120 valence electrons. The zero-order valence-electron chi connectivity index (χ0n) is 12.5. The second-order valence-corrected chi connectivity index (χ2v) is 5.96. The summed E-state index contributed by atoms with van der Waals surface area (Å²) in [4.78, 5) is 17.3. The highest BCUT2D eigenvalue weighted by molar-refractivity contribution is 5.77. The van der Waals surface area contributed by atoms with Crippen molar-refractivity contribution in [2.24, 2.45) is 5.92 Å². The van der Waals surface area contributed by atoms with Gasteiger partial charge in [0.15, 0.2) is 0 Å². The van der Waals surface area contributed by atoms with Gasteiger partial charge in [-0.15, -0.1) is 0 Å². The Kier molecular flexibility index (Phi) is 4.69. The Hall–Kier alpha value is -1.53. The van der Waals surface area contributed by atoms with Gasteiger partial charge in [-0.2, -0.15) is 0 Å². The van der Waals surface area contributed by atoms with Crippen molar-refractivity contribution in [2.45, 2.75) is 25.0 Å². The maximum absolute atomic E-state index is 12.2. The molecule has 2 saturated heterocycles. The second-order valence-electron chi connectivity index (χ2n) is 5.96. The number of carbonyl (C=O) groups is 1. The number of likely N-dealkylation sites (tertiary alicyclic amines) is 1. The van der Waals surface area contributed by atoms with E-state index in [0.717, 1.165) is 12.0 Å². The Morgan fingerprint density at radius 1 is 1.45 bits per heavy atom. The van der Waals surface area contributed by atoms with E-state index in [1.54, 1.807) is 17.3 Å². The Balaban J connectivity index is 1.47. The van der Waals surface area contributed by atoms with Gasteiger partial charge < -0.3 is 14.4 Å². The van der Waals surface area contributed by atoms with Gasteiger partial charge in [0.05, 0.1) is 39.4 Å². The number of pyridine rings is 1. The smallest absolute Gasteiger partial charge is 0.225 e. The van der Waals surface area contributed by atoms with Gasteiger partial charge in [0, 0.05) is 24.9 Å². The molecule has 1 atom stereocenters. The lowest BCUT2D eigenvalue weighted by molar-refractivity contribution is -0.169. The van der Waals surface area contributed by atoms with Gasteiger partial charge in [0.1, 0.15) is 5.60 Å². The lowest BCUT2D eigenvalue weighted by atomic mass is 9.81. The standard InChI is InChI=1S/C16H21FN2O3/c17-5-1-15(20)19-11-16(12-19)14(4-8-22-16)10-21-9-13-2-6-18-7-3-13/h2-3,6-7,14H,1,4-5,8-12H2/t14-/m1/s1. The van der Waals surface area contributed by atoms with Gasteiger partial charge >= 0.3 is 0 Å². The van der Waals surface area contributed by atoms with Crippen molar-refractivity contribution in [1.29, 1.82) is 0 Å². The van der Waals surface area contributed by atoms with E-state index in [0.29, 0.717) is 38.8 Å². The number of alkyl halides is 1. The molecule has 0 bridgehead atoms. The summed E-state index contributed by atoms with van der Waals surface area (Å²) in [7, 11) is 0. The molecule has 22 heavy (non-hydrogen) atoms. The molecule has 1 aromatic rings. The molecule has 0 N–H and O–H groups in total. The van der Waals surface area contributed by atoms with Crippen molar-refractivity contribution in [3.63, 3.8) is 0 Å². The molecule has 2 aliphatic heterocycles. The fourth-order valence-corrected chi connectivity index (χ4v) is 3.18. The molecule has 3 rings (SSSR count). The van der Waals surface area contributed by atoms with E-state index in [4.69, 9.17) is 9.47 Å². The molecule has 2 fully saturated rings. The van der Waals surface area contributed by atoms with Gasteiger partial charge in [-0.3, -0.25) is 14.2 Å². The number of hydrogen-bond acceptors (Lipinski definition) is 4. The number of rotatable bonds is 6. The summed E-state index contributed by atoms with van der Waals surface area (Å²) in [6.07, 6.45) is 4.42. The van der Waals surface area contributed by atoms with E-state index < -0.39 is 6.67 Å². The van der Waals surface area contributed by atoms with Crippen LogP contribution in [0.1, 0.15) is 18.4 Å². The minimum absolute atomic E-state index is 0.0285. The van der Waals surface area contributed by atoms with Crippen LogP contribution in [0.2, 0.25) is 0 Å². The number of aromatic nitrogens is 1. The van der Waals surface area contributed by atoms with Crippen LogP contribution in [-0.4, -0.2) is 54.4 Å². The van der Waals surface area contributed by atoms with E-state index in [9.17, 15) is 9.18 Å². The molecule has 0 aromatic carbocycles.